The van der Waals surface area contributed by atoms with Crippen LogP contribution < -0.4 is 0 Å². The number of aryl methyl sites for hydroxylation is 1. The van der Waals surface area contributed by atoms with Crippen molar-refractivity contribution in [1.29, 1.82) is 0 Å². The molecule has 1 aromatic rings. The molecule has 1 fully saturated rings. The van der Waals surface area contributed by atoms with E-state index in [1.807, 2.05) is 6.92 Å². The molecule has 0 atom stereocenters. The summed E-state index contributed by atoms with van der Waals surface area (Å²) in [6.45, 7) is 3.84. The van der Waals surface area contributed by atoms with Crippen molar-refractivity contribution in [1.82, 2.24) is 0 Å². The van der Waals surface area contributed by atoms with Crippen LogP contribution in [0.2, 0.25) is 0 Å². The molecular weight excluding hydrogens is 254 g/mol. The lowest BCUT2D eigenvalue weighted by Crippen LogP contribution is -1.94. The Morgan fingerprint density at radius 1 is 1.22 bits per heavy atom. The topological polar surface area (TPSA) is 92.1 Å². The lowest BCUT2D eigenvalue weighted by atomic mass is 10.2. The van der Waals surface area contributed by atoms with Crippen molar-refractivity contribution in [2.24, 2.45) is 4.52 Å². The van der Waals surface area contributed by atoms with E-state index in [-0.39, 0.29) is 4.90 Å². The van der Waals surface area contributed by atoms with E-state index in [9.17, 15) is 8.42 Å². The van der Waals surface area contributed by atoms with Crippen LogP contribution in [0, 0.1) is 6.92 Å². The molecule has 0 bridgehead atoms. The highest BCUT2D eigenvalue weighted by Gasteiger charge is 2.10. The van der Waals surface area contributed by atoms with E-state index < -0.39 is 10.0 Å². The van der Waals surface area contributed by atoms with Crippen molar-refractivity contribution in [3.8, 4) is 0 Å². The monoisotopic (exact) mass is 269 g/mol. The van der Waals surface area contributed by atoms with Crippen LogP contribution in [0.3, 0.4) is 0 Å². The molecule has 0 N–H and O–H groups in total. The van der Waals surface area contributed by atoms with Gasteiger partial charge in [0.05, 0.1) is 4.90 Å². The van der Waals surface area contributed by atoms with Gasteiger partial charge in [-0.1, -0.05) is 17.7 Å². The van der Waals surface area contributed by atoms with Crippen molar-refractivity contribution < 1.29 is 13.2 Å². The Hall–Kier alpha value is -1.56. The lowest BCUT2D eigenvalue weighted by Gasteiger charge is -1.96. The maximum absolute atomic E-state index is 11.1. The maximum Gasteiger partial charge on any atom is 0.264 e. The quantitative estimate of drug-likeness (QED) is 0.469. The van der Waals surface area contributed by atoms with Crippen molar-refractivity contribution in [2.75, 3.05) is 13.2 Å². The summed E-state index contributed by atoms with van der Waals surface area (Å²) in [7, 11) is -3.82. The van der Waals surface area contributed by atoms with Crippen LogP contribution in [0.1, 0.15) is 18.4 Å². The third-order valence-corrected chi connectivity index (χ3v) is 3.45. The summed E-state index contributed by atoms with van der Waals surface area (Å²) in [6, 6.07) is 6.08. The molecule has 0 aliphatic carbocycles. The van der Waals surface area contributed by atoms with E-state index in [0.29, 0.717) is 0 Å². The number of benzene rings is 1. The van der Waals surface area contributed by atoms with Gasteiger partial charge in [0.15, 0.2) is 0 Å². The van der Waals surface area contributed by atoms with E-state index in [1.165, 1.54) is 25.0 Å². The summed E-state index contributed by atoms with van der Waals surface area (Å²) in [5, 5.41) is 0. The average Bonchev–Trinajstić information content (AvgIpc) is 2.88. The largest absolute Gasteiger partial charge is 0.381 e. The fourth-order valence-electron chi connectivity index (χ4n) is 1.32. The zero-order valence-corrected chi connectivity index (χ0v) is 10.9. The second-order valence-electron chi connectivity index (χ2n) is 3.78. The SMILES string of the molecule is C1CCOC1.Cc1ccc(S(=O)(=O)N=[N+]=[N-])cc1. The molecule has 1 aliphatic heterocycles. The number of hydrogen-bond acceptors (Lipinski definition) is 3. The molecule has 0 unspecified atom stereocenters. The van der Waals surface area contributed by atoms with Gasteiger partial charge in [-0.05, 0) is 37.4 Å². The smallest absolute Gasteiger partial charge is 0.264 e. The van der Waals surface area contributed by atoms with Crippen LogP contribution in [0.15, 0.2) is 33.7 Å². The van der Waals surface area contributed by atoms with Gasteiger partial charge in [-0.2, -0.15) is 0 Å². The molecule has 1 saturated heterocycles. The zero-order chi connectivity index (χ0) is 13.4. The van der Waals surface area contributed by atoms with Crippen LogP contribution >= 0.6 is 0 Å². The van der Waals surface area contributed by atoms with Crippen molar-refractivity contribution >= 4 is 10.0 Å². The number of rotatable bonds is 2. The Kier molecular flexibility index (Phi) is 5.64. The maximum atomic E-state index is 11.1. The number of azide groups is 1. The molecule has 6 nitrogen and oxygen atoms in total. The fraction of sp³-hybridized carbons (Fsp3) is 0.455. The highest BCUT2D eigenvalue weighted by atomic mass is 32.2. The summed E-state index contributed by atoms with van der Waals surface area (Å²) >= 11 is 0. The van der Waals surface area contributed by atoms with E-state index >= 15 is 0 Å². The molecule has 0 amide bonds. The number of hydrogen-bond donors (Lipinski definition) is 0. The van der Waals surface area contributed by atoms with Gasteiger partial charge in [0, 0.05) is 22.6 Å². The second kappa shape index (κ2) is 7.00. The molecular formula is C11H15N3O3S. The molecule has 1 aromatic carbocycles. The average molecular weight is 269 g/mol. The van der Waals surface area contributed by atoms with Crippen LogP contribution in [-0.4, -0.2) is 21.6 Å². The number of sulfonamides is 1. The van der Waals surface area contributed by atoms with Crippen LogP contribution in [0.25, 0.3) is 10.4 Å². The predicted octanol–water partition coefficient (Wildman–Crippen LogP) is 2.79. The standard InChI is InChI=1S/C7H7N3O2S.C4H8O/c1-6-2-4-7(5-3-6)13(11,12)10-9-8;1-2-4-5-3-1/h2-5H,1H3;1-4H2. The van der Waals surface area contributed by atoms with Gasteiger partial charge in [-0.15, -0.1) is 0 Å². The molecule has 18 heavy (non-hydrogen) atoms. The van der Waals surface area contributed by atoms with Gasteiger partial charge < -0.3 is 4.74 Å². The summed E-state index contributed by atoms with van der Waals surface area (Å²) in [6.07, 6.45) is 2.56. The molecule has 0 aromatic heterocycles. The minimum absolute atomic E-state index is 0.0101. The molecule has 7 heteroatoms. The molecule has 98 valence electrons. The van der Waals surface area contributed by atoms with Gasteiger partial charge in [0.1, 0.15) is 0 Å². The van der Waals surface area contributed by atoms with E-state index in [2.05, 4.69) is 9.43 Å². The molecule has 1 aliphatic rings. The minimum Gasteiger partial charge on any atom is -0.381 e. The molecule has 0 saturated carbocycles. The van der Waals surface area contributed by atoms with Gasteiger partial charge >= 0.3 is 0 Å². The number of nitrogens with zero attached hydrogens (tertiary/aromatic N) is 3. The van der Waals surface area contributed by atoms with Gasteiger partial charge in [-0.3, -0.25) is 0 Å². The van der Waals surface area contributed by atoms with Gasteiger partial charge in [0.2, 0.25) is 0 Å². The zero-order valence-electron chi connectivity index (χ0n) is 10.1. The van der Waals surface area contributed by atoms with Crippen LogP contribution in [-0.2, 0) is 14.8 Å². The van der Waals surface area contributed by atoms with E-state index in [1.54, 1.807) is 12.1 Å². The highest BCUT2D eigenvalue weighted by Crippen LogP contribution is 2.12. The first-order valence-electron chi connectivity index (χ1n) is 5.52. The highest BCUT2D eigenvalue weighted by molar-refractivity contribution is 7.90. The fourth-order valence-corrected chi connectivity index (χ4v) is 1.99. The molecule has 0 radical (unpaired) electrons. The summed E-state index contributed by atoms with van der Waals surface area (Å²) in [5.41, 5.74) is 8.94. The Morgan fingerprint density at radius 3 is 2.17 bits per heavy atom. The first-order chi connectivity index (χ1) is 8.56. The molecule has 0 spiro atoms. The molecule has 1 heterocycles. The van der Waals surface area contributed by atoms with Crippen LogP contribution in [0.4, 0.5) is 0 Å². The van der Waals surface area contributed by atoms with E-state index in [4.69, 9.17) is 10.3 Å². The Morgan fingerprint density at radius 2 is 1.78 bits per heavy atom. The lowest BCUT2D eigenvalue weighted by molar-refractivity contribution is 0.198. The Bertz CT molecular complexity index is 507. The Labute approximate surface area is 106 Å². The van der Waals surface area contributed by atoms with Gasteiger partial charge in [-0.25, -0.2) is 8.42 Å². The Balaban J connectivity index is 0.000000269. The first-order valence-corrected chi connectivity index (χ1v) is 6.96. The summed E-state index contributed by atoms with van der Waals surface area (Å²) < 4.78 is 29.9. The summed E-state index contributed by atoms with van der Waals surface area (Å²) in [4.78, 5) is 2.25. The van der Waals surface area contributed by atoms with Crippen molar-refractivity contribution in [3.63, 3.8) is 0 Å². The third kappa shape index (κ3) is 4.75. The summed E-state index contributed by atoms with van der Waals surface area (Å²) in [5.74, 6) is 0. The van der Waals surface area contributed by atoms with Crippen LogP contribution in [0.5, 0.6) is 0 Å². The van der Waals surface area contributed by atoms with E-state index in [0.717, 1.165) is 18.8 Å². The molecule has 2 rings (SSSR count). The van der Waals surface area contributed by atoms with Gasteiger partial charge in [0.25, 0.3) is 10.0 Å². The van der Waals surface area contributed by atoms with Crippen molar-refractivity contribution in [3.05, 3.63) is 40.3 Å². The normalized spacial score (nSPS) is 14.3. The first kappa shape index (κ1) is 14.5. The minimum atomic E-state index is -3.82. The number of ether oxygens (including phenoxy) is 1. The second-order valence-corrected chi connectivity index (χ2v) is 5.36. The predicted molar refractivity (Wildman–Crippen MR) is 67.6 cm³/mol. The third-order valence-electron chi connectivity index (χ3n) is 2.29. The van der Waals surface area contributed by atoms with Crippen molar-refractivity contribution in [2.45, 2.75) is 24.7 Å².